The van der Waals surface area contributed by atoms with Crippen LogP contribution in [0, 0.1) is 11.8 Å². The highest BCUT2D eigenvalue weighted by Gasteiger charge is 2.09. The molecule has 0 rings (SSSR count). The fourth-order valence-corrected chi connectivity index (χ4v) is 4.54. The zero-order valence-electron chi connectivity index (χ0n) is 20.4. The summed E-state index contributed by atoms with van der Waals surface area (Å²) in [5, 5.41) is 18.1. The summed E-state index contributed by atoms with van der Waals surface area (Å²) in [5.41, 5.74) is 0. The van der Waals surface area contributed by atoms with E-state index in [0.717, 1.165) is 89.7 Å². The normalized spacial score (nSPS) is 13.9. The molecule has 2 atom stereocenters. The Morgan fingerprint density at radius 3 is 2.06 bits per heavy atom. The number of hydrogen-bond donors (Lipinski definition) is 2. The first-order valence-electron chi connectivity index (χ1n) is 12.0. The lowest BCUT2D eigenvalue weighted by Gasteiger charge is -2.18. The van der Waals surface area contributed by atoms with Crippen LogP contribution in [0.4, 0.5) is 0 Å². The van der Waals surface area contributed by atoms with Gasteiger partial charge >= 0.3 is 0 Å². The molecular weight excluding hydrogens is 434 g/mol. The largest absolute Gasteiger partial charge is 0.396 e. The zero-order chi connectivity index (χ0) is 23.2. The van der Waals surface area contributed by atoms with Gasteiger partial charge in [0.15, 0.2) is 0 Å². The van der Waals surface area contributed by atoms with Gasteiger partial charge in [0.2, 0.25) is 0 Å². The summed E-state index contributed by atoms with van der Waals surface area (Å²) in [7, 11) is 5.81. The van der Waals surface area contributed by atoms with E-state index in [1.807, 2.05) is 21.6 Å². The van der Waals surface area contributed by atoms with Crippen molar-refractivity contribution < 1.29 is 24.4 Å². The van der Waals surface area contributed by atoms with Crippen LogP contribution in [0.3, 0.4) is 0 Å². The number of hydrogen-bond acceptors (Lipinski definition) is 8. The number of rotatable bonds is 24. The van der Waals surface area contributed by atoms with Crippen LogP contribution in [-0.4, -0.2) is 99.1 Å². The molecule has 0 aromatic rings. The van der Waals surface area contributed by atoms with E-state index in [4.69, 9.17) is 24.4 Å². The minimum Gasteiger partial charge on any atom is -0.396 e. The van der Waals surface area contributed by atoms with E-state index in [0.29, 0.717) is 12.0 Å². The zero-order valence-corrected chi connectivity index (χ0v) is 22.1. The molecule has 0 aliphatic carbocycles. The van der Waals surface area contributed by atoms with Crippen molar-refractivity contribution in [1.29, 1.82) is 0 Å². The van der Waals surface area contributed by atoms with E-state index < -0.39 is 0 Å². The van der Waals surface area contributed by atoms with Crippen LogP contribution in [0.5, 0.6) is 0 Å². The minimum atomic E-state index is 0.0402. The third-order valence-corrected chi connectivity index (χ3v) is 7.83. The highest BCUT2D eigenvalue weighted by molar-refractivity contribution is 8.76. The Morgan fingerprint density at radius 1 is 0.806 bits per heavy atom. The Morgan fingerprint density at radius 2 is 1.45 bits per heavy atom. The summed E-state index contributed by atoms with van der Waals surface area (Å²) < 4.78 is 17.2. The van der Waals surface area contributed by atoms with E-state index in [1.54, 1.807) is 0 Å². The van der Waals surface area contributed by atoms with Crippen LogP contribution in [0.15, 0.2) is 0 Å². The fourth-order valence-electron chi connectivity index (χ4n) is 2.82. The lowest BCUT2D eigenvalue weighted by atomic mass is 10.0. The molecule has 0 saturated carbocycles. The Kier molecular flexibility index (Phi) is 24.0. The van der Waals surface area contributed by atoms with Crippen molar-refractivity contribution in [3.63, 3.8) is 0 Å². The Bertz CT molecular complexity index is 365. The van der Waals surface area contributed by atoms with Crippen LogP contribution in [0.25, 0.3) is 0 Å². The lowest BCUT2D eigenvalue weighted by molar-refractivity contribution is 0.0157. The first-order chi connectivity index (χ1) is 15.0. The van der Waals surface area contributed by atoms with E-state index in [9.17, 15) is 0 Å². The molecule has 6 nitrogen and oxygen atoms in total. The van der Waals surface area contributed by atoms with Crippen molar-refractivity contribution in [2.24, 2.45) is 11.8 Å². The molecule has 0 aromatic carbocycles. The second-order valence-corrected chi connectivity index (χ2v) is 10.9. The summed E-state index contributed by atoms with van der Waals surface area (Å²) in [6.45, 7) is 12.6. The van der Waals surface area contributed by atoms with Crippen molar-refractivity contribution in [3.05, 3.63) is 0 Å². The Balaban J connectivity index is 3.26. The van der Waals surface area contributed by atoms with E-state index in [2.05, 4.69) is 32.7 Å². The number of aliphatic hydroxyl groups excluding tert-OH is 2. The van der Waals surface area contributed by atoms with Gasteiger partial charge in [-0.05, 0) is 45.7 Å². The third-order valence-electron chi connectivity index (χ3n) is 5.50. The van der Waals surface area contributed by atoms with Crippen LogP contribution in [0.1, 0.15) is 52.9 Å². The quantitative estimate of drug-likeness (QED) is 0.158. The van der Waals surface area contributed by atoms with Gasteiger partial charge in [-0.2, -0.15) is 0 Å². The maximum atomic E-state index is 9.06. The second-order valence-electron chi connectivity index (χ2n) is 8.21. The second kappa shape index (κ2) is 23.6. The van der Waals surface area contributed by atoms with E-state index in [1.165, 1.54) is 0 Å². The highest BCUT2D eigenvalue weighted by atomic mass is 33.1. The summed E-state index contributed by atoms with van der Waals surface area (Å²) in [5.74, 6) is 2.66. The fraction of sp³-hybridized carbons (Fsp3) is 1.00. The van der Waals surface area contributed by atoms with Gasteiger partial charge < -0.3 is 29.3 Å². The molecule has 0 aliphatic rings. The number of aliphatic hydroxyl groups is 2. The average molecular weight is 484 g/mol. The first-order valence-corrected chi connectivity index (χ1v) is 14.5. The summed E-state index contributed by atoms with van der Waals surface area (Å²) in [4.78, 5) is 2.28. The smallest absolute Gasteiger partial charge is 0.0593 e. The molecule has 0 amide bonds. The number of likely N-dealkylation sites (N-methyl/N-ethyl adjacent to an activating group) is 1. The van der Waals surface area contributed by atoms with Gasteiger partial charge in [0.25, 0.3) is 0 Å². The monoisotopic (exact) mass is 483 g/mol. The third kappa shape index (κ3) is 20.8. The molecule has 0 bridgehead atoms. The minimum absolute atomic E-state index is 0.0402. The molecule has 188 valence electrons. The molecular formula is C23H49NO5S2. The summed E-state index contributed by atoms with van der Waals surface area (Å²) >= 11 is 0. The number of nitrogens with zero attached hydrogens (tertiary/aromatic N) is 1. The topological polar surface area (TPSA) is 71.4 Å². The molecule has 0 aromatic heterocycles. The van der Waals surface area contributed by atoms with Crippen LogP contribution in [-0.2, 0) is 14.2 Å². The lowest BCUT2D eigenvalue weighted by Crippen LogP contribution is -2.25. The predicted octanol–water partition coefficient (Wildman–Crippen LogP) is 3.95. The van der Waals surface area contributed by atoms with Gasteiger partial charge in [-0.15, -0.1) is 0 Å². The van der Waals surface area contributed by atoms with E-state index in [-0.39, 0.29) is 19.1 Å². The molecule has 8 heteroatoms. The standard InChI is InChI=1S/C23H49NO5S2/c1-5-21(2)22(3)29-13-8-12-27-15-17-30-31-18-16-28-14-11-24(4)10-7-6-9-23(19-25)20-26/h21-23,25-26H,5-20H2,1-4H3/t21-,22?/m1/s1. The predicted molar refractivity (Wildman–Crippen MR) is 135 cm³/mol. The summed E-state index contributed by atoms with van der Waals surface area (Å²) in [6.07, 6.45) is 5.48. The maximum absolute atomic E-state index is 9.06. The maximum Gasteiger partial charge on any atom is 0.0593 e. The van der Waals surface area contributed by atoms with Crippen molar-refractivity contribution >= 4 is 21.6 Å². The van der Waals surface area contributed by atoms with Crippen molar-refractivity contribution in [2.45, 2.75) is 59.0 Å². The van der Waals surface area contributed by atoms with Crippen LogP contribution < -0.4 is 0 Å². The van der Waals surface area contributed by atoms with Gasteiger partial charge in [0, 0.05) is 50.4 Å². The van der Waals surface area contributed by atoms with Crippen molar-refractivity contribution in [3.8, 4) is 0 Å². The van der Waals surface area contributed by atoms with Crippen molar-refractivity contribution in [1.82, 2.24) is 4.90 Å². The first kappa shape index (κ1) is 31.5. The van der Waals surface area contributed by atoms with Crippen LogP contribution in [0.2, 0.25) is 0 Å². The molecule has 0 spiro atoms. The molecule has 1 unspecified atom stereocenters. The van der Waals surface area contributed by atoms with Gasteiger partial charge in [-0.25, -0.2) is 0 Å². The van der Waals surface area contributed by atoms with Gasteiger partial charge in [-0.1, -0.05) is 48.3 Å². The summed E-state index contributed by atoms with van der Waals surface area (Å²) in [6, 6.07) is 0. The molecule has 0 radical (unpaired) electrons. The molecule has 31 heavy (non-hydrogen) atoms. The molecule has 0 aliphatic heterocycles. The van der Waals surface area contributed by atoms with Crippen molar-refractivity contribution in [2.75, 3.05) is 77.9 Å². The van der Waals surface area contributed by atoms with Gasteiger partial charge in [-0.3, -0.25) is 0 Å². The Labute approximate surface area is 199 Å². The van der Waals surface area contributed by atoms with Gasteiger partial charge in [0.05, 0.1) is 25.9 Å². The van der Waals surface area contributed by atoms with Crippen LogP contribution >= 0.6 is 21.6 Å². The number of ether oxygens (including phenoxy) is 3. The molecule has 0 heterocycles. The molecule has 0 saturated heterocycles. The van der Waals surface area contributed by atoms with Gasteiger partial charge in [0.1, 0.15) is 0 Å². The SMILES string of the molecule is CC[C@@H](C)C(C)OCCCOCCSSCCOCCN(C)CCCCC(CO)CO. The molecule has 2 N–H and O–H groups in total. The molecule has 0 fully saturated rings. The van der Waals surface area contributed by atoms with E-state index >= 15 is 0 Å². The number of unbranched alkanes of at least 4 members (excludes halogenated alkanes) is 1. The Hall–Kier alpha value is 0.460. The average Bonchev–Trinajstić information content (AvgIpc) is 2.78. The highest BCUT2D eigenvalue weighted by Crippen LogP contribution is 2.20.